The van der Waals surface area contributed by atoms with Crippen molar-refractivity contribution in [3.63, 3.8) is 0 Å². The molecule has 0 amide bonds. The van der Waals surface area contributed by atoms with E-state index in [4.69, 9.17) is 0 Å². The normalized spacial score (nSPS) is 32.2. The van der Waals surface area contributed by atoms with Crippen molar-refractivity contribution in [3.8, 4) is 0 Å². The molecule has 0 aromatic carbocycles. The zero-order valence-corrected chi connectivity index (χ0v) is 8.95. The van der Waals surface area contributed by atoms with Crippen molar-refractivity contribution < 1.29 is 12.9 Å². The van der Waals surface area contributed by atoms with Crippen LogP contribution in [0, 0.1) is 16.7 Å². The van der Waals surface area contributed by atoms with Gasteiger partial charge >= 0.3 is 6.98 Å². The SMILES string of the molecule is F[B-](F)(F)CC1CC2(C1)CC1(CCC1)C2. The van der Waals surface area contributed by atoms with Gasteiger partial charge in [-0.05, 0) is 49.4 Å². The van der Waals surface area contributed by atoms with E-state index in [0.29, 0.717) is 10.8 Å². The molecule has 0 unspecified atom stereocenters. The number of hydrogen-bond donors (Lipinski definition) is 0. The van der Waals surface area contributed by atoms with Gasteiger partial charge in [-0.25, -0.2) is 0 Å². The Morgan fingerprint density at radius 2 is 1.60 bits per heavy atom. The highest BCUT2D eigenvalue weighted by molar-refractivity contribution is 6.58. The van der Waals surface area contributed by atoms with Crippen LogP contribution in [-0.2, 0) is 0 Å². The molecule has 2 spiro atoms. The standard InChI is InChI=1S/C11H17BF3/c13-12(14,15)6-9-4-11(5-9)7-10(8-11)2-1-3-10/h9H,1-8H2/q-1. The molecule has 3 aliphatic rings. The molecule has 15 heavy (non-hydrogen) atoms. The second kappa shape index (κ2) is 2.75. The summed E-state index contributed by atoms with van der Waals surface area (Å²) in [6.07, 6.45) is 7.82. The van der Waals surface area contributed by atoms with E-state index in [1.54, 1.807) is 0 Å². The third-order valence-corrected chi connectivity index (χ3v) is 4.96. The molecule has 3 rings (SSSR count). The van der Waals surface area contributed by atoms with Gasteiger partial charge in [0, 0.05) is 0 Å². The summed E-state index contributed by atoms with van der Waals surface area (Å²) in [5.74, 6) is -0.0255. The first kappa shape index (κ1) is 10.0. The van der Waals surface area contributed by atoms with Crippen LogP contribution in [-0.4, -0.2) is 6.98 Å². The highest BCUT2D eigenvalue weighted by Crippen LogP contribution is 2.72. The fourth-order valence-electron chi connectivity index (χ4n) is 4.57. The van der Waals surface area contributed by atoms with Crippen LogP contribution in [0.2, 0.25) is 6.32 Å². The van der Waals surface area contributed by atoms with Crippen molar-refractivity contribution in [1.82, 2.24) is 0 Å². The fraction of sp³-hybridized carbons (Fsp3) is 1.00. The molecule has 0 heterocycles. The molecule has 0 radical (unpaired) electrons. The van der Waals surface area contributed by atoms with E-state index in [9.17, 15) is 12.9 Å². The Hall–Kier alpha value is -0.145. The Labute approximate surface area is 88.7 Å². The van der Waals surface area contributed by atoms with E-state index < -0.39 is 13.3 Å². The van der Waals surface area contributed by atoms with Gasteiger partial charge in [0.25, 0.3) is 0 Å². The van der Waals surface area contributed by atoms with Crippen LogP contribution in [0.1, 0.15) is 44.9 Å². The van der Waals surface area contributed by atoms with Gasteiger partial charge in [0.15, 0.2) is 0 Å². The van der Waals surface area contributed by atoms with Crippen LogP contribution in [0.25, 0.3) is 0 Å². The van der Waals surface area contributed by atoms with Crippen molar-refractivity contribution >= 4 is 6.98 Å². The zero-order chi connectivity index (χ0) is 10.7. The first-order valence-corrected chi connectivity index (χ1v) is 6.12. The summed E-state index contributed by atoms with van der Waals surface area (Å²) in [6.45, 7) is -4.54. The number of halogens is 3. The Morgan fingerprint density at radius 1 is 1.00 bits per heavy atom. The quantitative estimate of drug-likeness (QED) is 0.608. The van der Waals surface area contributed by atoms with Crippen LogP contribution in [0.4, 0.5) is 12.9 Å². The lowest BCUT2D eigenvalue weighted by atomic mass is 9.37. The summed E-state index contributed by atoms with van der Waals surface area (Å²) in [5.41, 5.74) is 1.00. The molecule has 3 saturated carbocycles. The van der Waals surface area contributed by atoms with E-state index in [0.717, 1.165) is 12.8 Å². The van der Waals surface area contributed by atoms with Crippen LogP contribution < -0.4 is 0 Å². The molecule has 0 saturated heterocycles. The van der Waals surface area contributed by atoms with Gasteiger partial charge in [-0.3, -0.25) is 0 Å². The monoisotopic (exact) mass is 217 g/mol. The van der Waals surface area contributed by atoms with Gasteiger partial charge in [-0.2, -0.15) is 0 Å². The summed E-state index contributed by atoms with van der Waals surface area (Å²) < 4.78 is 36.6. The van der Waals surface area contributed by atoms with Crippen molar-refractivity contribution in [2.75, 3.05) is 0 Å². The second-order valence-corrected chi connectivity index (χ2v) is 6.43. The van der Waals surface area contributed by atoms with Gasteiger partial charge in [0.1, 0.15) is 0 Å². The second-order valence-electron chi connectivity index (χ2n) is 6.43. The maximum atomic E-state index is 12.2. The predicted octanol–water partition coefficient (Wildman–Crippen LogP) is 4.19. The highest BCUT2D eigenvalue weighted by atomic mass is 19.4. The van der Waals surface area contributed by atoms with Gasteiger partial charge in [-0.15, -0.1) is 0 Å². The van der Waals surface area contributed by atoms with Crippen molar-refractivity contribution in [2.45, 2.75) is 51.3 Å². The highest BCUT2D eigenvalue weighted by Gasteiger charge is 2.61. The van der Waals surface area contributed by atoms with Gasteiger partial charge in [0.05, 0.1) is 0 Å². The smallest absolute Gasteiger partial charge is 0.449 e. The molecule has 0 atom stereocenters. The predicted molar refractivity (Wildman–Crippen MR) is 54.6 cm³/mol. The molecular formula is C11H17BF3-. The Morgan fingerprint density at radius 3 is 2.00 bits per heavy atom. The molecule has 0 aliphatic heterocycles. The van der Waals surface area contributed by atoms with E-state index in [2.05, 4.69) is 0 Å². The van der Waals surface area contributed by atoms with E-state index in [1.165, 1.54) is 32.1 Å². The first-order valence-electron chi connectivity index (χ1n) is 6.12. The van der Waals surface area contributed by atoms with Crippen LogP contribution in [0.15, 0.2) is 0 Å². The fourth-order valence-corrected chi connectivity index (χ4v) is 4.57. The Balaban J connectivity index is 1.47. The largest absolute Gasteiger partial charge is 0.478 e. The van der Waals surface area contributed by atoms with Crippen molar-refractivity contribution in [2.24, 2.45) is 16.7 Å². The molecule has 3 aliphatic carbocycles. The van der Waals surface area contributed by atoms with Crippen molar-refractivity contribution in [3.05, 3.63) is 0 Å². The summed E-state index contributed by atoms with van der Waals surface area (Å²) in [7, 11) is 0. The maximum absolute atomic E-state index is 12.2. The van der Waals surface area contributed by atoms with Crippen LogP contribution in [0.5, 0.6) is 0 Å². The molecule has 0 aromatic rings. The summed E-state index contributed by atoms with van der Waals surface area (Å²) in [4.78, 5) is 0. The van der Waals surface area contributed by atoms with Gasteiger partial charge < -0.3 is 12.9 Å². The third kappa shape index (κ3) is 1.60. The van der Waals surface area contributed by atoms with Gasteiger partial charge in [0.2, 0.25) is 0 Å². The molecule has 0 nitrogen and oxygen atoms in total. The molecule has 0 aromatic heterocycles. The zero-order valence-electron chi connectivity index (χ0n) is 8.95. The Bertz CT molecular complexity index is 264. The molecule has 86 valence electrons. The molecule has 0 bridgehead atoms. The van der Waals surface area contributed by atoms with Crippen LogP contribution in [0.3, 0.4) is 0 Å². The minimum Gasteiger partial charge on any atom is -0.449 e. The summed E-state index contributed by atoms with van der Waals surface area (Å²) in [6, 6.07) is 0. The first-order chi connectivity index (χ1) is 6.91. The topological polar surface area (TPSA) is 0 Å². The lowest BCUT2D eigenvalue weighted by molar-refractivity contribution is -0.159. The van der Waals surface area contributed by atoms with E-state index in [1.807, 2.05) is 0 Å². The van der Waals surface area contributed by atoms with Gasteiger partial charge in [-0.1, -0.05) is 18.7 Å². The average Bonchev–Trinajstić information content (AvgIpc) is 1.84. The number of rotatable bonds is 2. The maximum Gasteiger partial charge on any atom is 0.478 e. The van der Waals surface area contributed by atoms with Crippen molar-refractivity contribution in [1.29, 1.82) is 0 Å². The lowest BCUT2D eigenvalue weighted by Gasteiger charge is -2.67. The minimum atomic E-state index is -4.54. The summed E-state index contributed by atoms with van der Waals surface area (Å²) in [5, 5.41) is 0. The minimum absolute atomic E-state index is 0.0255. The summed E-state index contributed by atoms with van der Waals surface area (Å²) >= 11 is 0. The van der Waals surface area contributed by atoms with E-state index >= 15 is 0 Å². The Kier molecular flexibility index (Phi) is 1.84. The molecular weight excluding hydrogens is 200 g/mol. The average molecular weight is 217 g/mol. The lowest BCUT2D eigenvalue weighted by Crippen LogP contribution is -2.56. The molecule has 3 fully saturated rings. The molecule has 0 N–H and O–H groups in total. The number of hydrogen-bond acceptors (Lipinski definition) is 0. The molecule has 4 heteroatoms. The van der Waals surface area contributed by atoms with E-state index in [-0.39, 0.29) is 5.92 Å². The van der Waals surface area contributed by atoms with Crippen LogP contribution >= 0.6 is 0 Å². The third-order valence-electron chi connectivity index (χ3n) is 4.96.